The van der Waals surface area contributed by atoms with E-state index in [1.54, 1.807) is 41.4 Å². The lowest BCUT2D eigenvalue weighted by molar-refractivity contribution is -0.139. The highest BCUT2D eigenvalue weighted by Gasteiger charge is 2.27. The Labute approximate surface area is 234 Å². The van der Waals surface area contributed by atoms with Crippen LogP contribution in [-0.2, 0) is 34.0 Å². The molecule has 10 nitrogen and oxygen atoms in total. The molecule has 1 aliphatic heterocycles. The Morgan fingerprint density at radius 3 is 2.67 bits per heavy atom. The molecule has 4 aromatic rings. The third-order valence-electron chi connectivity index (χ3n) is 6.89. The second-order valence-electron chi connectivity index (χ2n) is 9.74. The SMILES string of the molecule is CS(=O)(=O)c1cccc(C[C@H](NC(=O)c2cc3c(cc2Cl)CN(C(=O)c2ccc4cn[nH]c4c2)CC3)C(=O)O)c1. The number of aromatic nitrogens is 2. The van der Waals surface area contributed by atoms with Crippen LogP contribution in [0.1, 0.15) is 37.4 Å². The van der Waals surface area contributed by atoms with Crippen LogP contribution in [0.2, 0.25) is 5.02 Å². The van der Waals surface area contributed by atoms with Crippen molar-refractivity contribution in [3.8, 4) is 0 Å². The zero-order valence-electron chi connectivity index (χ0n) is 21.3. The molecule has 12 heteroatoms. The van der Waals surface area contributed by atoms with E-state index in [0.717, 1.165) is 28.3 Å². The molecular formula is C28H25ClN4O6S. The molecule has 0 aliphatic carbocycles. The second-order valence-corrected chi connectivity index (χ2v) is 12.2. The number of carboxylic acid groups (broad SMARTS) is 1. The lowest BCUT2D eigenvalue weighted by Crippen LogP contribution is -2.42. The van der Waals surface area contributed by atoms with Crippen molar-refractivity contribution >= 4 is 50.1 Å². The molecule has 1 aromatic heterocycles. The Hall–Kier alpha value is -4.22. The van der Waals surface area contributed by atoms with Crippen molar-refractivity contribution in [1.29, 1.82) is 0 Å². The van der Waals surface area contributed by atoms with Crippen molar-refractivity contribution in [2.45, 2.75) is 30.3 Å². The summed E-state index contributed by atoms with van der Waals surface area (Å²) in [5, 5.41) is 20.1. The lowest BCUT2D eigenvalue weighted by atomic mass is 9.96. The summed E-state index contributed by atoms with van der Waals surface area (Å²) in [5.41, 5.74) is 3.52. The zero-order valence-corrected chi connectivity index (χ0v) is 22.9. The summed E-state index contributed by atoms with van der Waals surface area (Å²) in [4.78, 5) is 40.0. The third kappa shape index (κ3) is 5.70. The minimum absolute atomic E-state index is 0.0626. The fourth-order valence-corrected chi connectivity index (χ4v) is 5.72. The standard InChI is InChI=1S/C28H25ClN4O6S/c1-40(38,39)21-4-2-3-16(9-21)10-25(28(36)37)31-26(34)22-11-17-7-8-33(15-20(17)12-23(22)29)27(35)18-5-6-19-14-30-32-24(19)13-18/h2-6,9,11-14,25H,7-8,10,15H2,1H3,(H,30,32)(H,31,34)(H,36,37)/t25-/m0/s1. The van der Waals surface area contributed by atoms with Gasteiger partial charge in [-0.25, -0.2) is 13.2 Å². The number of hydrogen-bond acceptors (Lipinski definition) is 6. The third-order valence-corrected chi connectivity index (χ3v) is 8.32. The fraction of sp³-hybridized carbons (Fsp3) is 0.214. The smallest absolute Gasteiger partial charge is 0.326 e. The van der Waals surface area contributed by atoms with Gasteiger partial charge >= 0.3 is 5.97 Å². The topological polar surface area (TPSA) is 150 Å². The number of carboxylic acids is 1. The highest BCUT2D eigenvalue weighted by Crippen LogP contribution is 2.28. The highest BCUT2D eigenvalue weighted by molar-refractivity contribution is 7.90. The van der Waals surface area contributed by atoms with Crippen LogP contribution in [-0.4, -0.2) is 65.2 Å². The number of nitrogens with one attached hydrogen (secondary N) is 2. The van der Waals surface area contributed by atoms with E-state index in [4.69, 9.17) is 11.6 Å². The molecule has 3 N–H and O–H groups in total. The van der Waals surface area contributed by atoms with Crippen LogP contribution < -0.4 is 5.32 Å². The molecule has 0 saturated carbocycles. The van der Waals surface area contributed by atoms with Gasteiger partial charge in [-0.1, -0.05) is 29.8 Å². The summed E-state index contributed by atoms with van der Waals surface area (Å²) in [6, 6.07) is 13.2. The number of aromatic amines is 1. The molecule has 0 radical (unpaired) electrons. The largest absolute Gasteiger partial charge is 0.480 e. The number of hydrogen-bond donors (Lipinski definition) is 3. The van der Waals surface area contributed by atoms with Crippen LogP contribution in [0.4, 0.5) is 0 Å². The van der Waals surface area contributed by atoms with Gasteiger partial charge in [-0.05, 0) is 59.5 Å². The van der Waals surface area contributed by atoms with E-state index < -0.39 is 27.8 Å². The minimum Gasteiger partial charge on any atom is -0.480 e. The number of amides is 2. The summed E-state index contributed by atoms with van der Waals surface area (Å²) < 4.78 is 23.7. The molecule has 1 aliphatic rings. The molecule has 1 atom stereocenters. The minimum atomic E-state index is -3.47. The van der Waals surface area contributed by atoms with E-state index >= 15 is 0 Å². The average Bonchev–Trinajstić information content (AvgIpc) is 3.39. The van der Waals surface area contributed by atoms with Crippen molar-refractivity contribution in [1.82, 2.24) is 20.4 Å². The number of carbonyl (C=O) groups excluding carboxylic acids is 2. The van der Waals surface area contributed by atoms with E-state index in [1.165, 1.54) is 18.2 Å². The molecular weight excluding hydrogens is 556 g/mol. The van der Waals surface area contributed by atoms with Crippen molar-refractivity contribution in [3.63, 3.8) is 0 Å². The van der Waals surface area contributed by atoms with Crippen LogP contribution >= 0.6 is 11.6 Å². The molecule has 0 fully saturated rings. The predicted octanol–water partition coefficient (Wildman–Crippen LogP) is 3.24. The molecule has 0 unspecified atom stereocenters. The molecule has 0 bridgehead atoms. The Balaban J connectivity index is 1.31. The van der Waals surface area contributed by atoms with Gasteiger partial charge in [0.2, 0.25) is 0 Å². The Morgan fingerprint density at radius 1 is 1.12 bits per heavy atom. The molecule has 40 heavy (non-hydrogen) atoms. The van der Waals surface area contributed by atoms with E-state index in [0.29, 0.717) is 30.6 Å². The van der Waals surface area contributed by atoms with Crippen molar-refractivity contribution in [2.75, 3.05) is 12.8 Å². The van der Waals surface area contributed by atoms with Gasteiger partial charge in [0.05, 0.1) is 27.2 Å². The number of benzene rings is 3. The number of fused-ring (bicyclic) bond motifs is 2. The first kappa shape index (κ1) is 27.4. The summed E-state index contributed by atoms with van der Waals surface area (Å²) in [7, 11) is -3.47. The van der Waals surface area contributed by atoms with Gasteiger partial charge < -0.3 is 15.3 Å². The molecule has 0 spiro atoms. The predicted molar refractivity (Wildman–Crippen MR) is 148 cm³/mol. The van der Waals surface area contributed by atoms with Crippen molar-refractivity contribution in [2.24, 2.45) is 0 Å². The van der Waals surface area contributed by atoms with Crippen LogP contribution in [0, 0.1) is 0 Å². The first-order valence-electron chi connectivity index (χ1n) is 12.4. The Morgan fingerprint density at radius 2 is 1.93 bits per heavy atom. The van der Waals surface area contributed by atoms with E-state index in [1.807, 2.05) is 6.07 Å². The number of carbonyl (C=O) groups is 3. The second kappa shape index (κ2) is 10.7. The number of rotatable bonds is 7. The maximum atomic E-state index is 13.2. The first-order chi connectivity index (χ1) is 19.0. The molecule has 2 heterocycles. The van der Waals surface area contributed by atoms with E-state index in [2.05, 4.69) is 15.5 Å². The van der Waals surface area contributed by atoms with Gasteiger partial charge in [0.25, 0.3) is 11.8 Å². The van der Waals surface area contributed by atoms with Gasteiger partial charge in [-0.3, -0.25) is 14.7 Å². The highest BCUT2D eigenvalue weighted by atomic mass is 35.5. The van der Waals surface area contributed by atoms with Crippen molar-refractivity contribution < 1.29 is 27.9 Å². The average molecular weight is 581 g/mol. The van der Waals surface area contributed by atoms with E-state index in [9.17, 15) is 27.9 Å². The van der Waals surface area contributed by atoms with E-state index in [-0.39, 0.29) is 27.8 Å². The zero-order chi connectivity index (χ0) is 28.6. The molecule has 206 valence electrons. The summed E-state index contributed by atoms with van der Waals surface area (Å²) in [5.74, 6) is -2.06. The Kier molecular flexibility index (Phi) is 7.35. The van der Waals surface area contributed by atoms with Crippen molar-refractivity contribution in [3.05, 3.63) is 93.6 Å². The van der Waals surface area contributed by atoms with Crippen LogP contribution in [0.5, 0.6) is 0 Å². The van der Waals surface area contributed by atoms with Crippen LogP contribution in [0.15, 0.2) is 65.7 Å². The van der Waals surface area contributed by atoms with Gasteiger partial charge in [-0.15, -0.1) is 0 Å². The molecule has 5 rings (SSSR count). The maximum absolute atomic E-state index is 13.2. The van der Waals surface area contributed by atoms with Crippen LogP contribution in [0.25, 0.3) is 10.9 Å². The summed E-state index contributed by atoms with van der Waals surface area (Å²) in [6.45, 7) is 0.745. The van der Waals surface area contributed by atoms with Gasteiger partial charge in [-0.2, -0.15) is 5.10 Å². The molecule has 2 amide bonds. The Bertz CT molecular complexity index is 1770. The fourth-order valence-electron chi connectivity index (χ4n) is 4.75. The number of sulfone groups is 1. The lowest BCUT2D eigenvalue weighted by Gasteiger charge is -2.29. The summed E-state index contributed by atoms with van der Waals surface area (Å²) >= 11 is 6.46. The maximum Gasteiger partial charge on any atom is 0.326 e. The van der Waals surface area contributed by atoms with Gasteiger partial charge in [0, 0.05) is 36.7 Å². The number of nitrogens with zero attached hydrogens (tertiary/aromatic N) is 2. The van der Waals surface area contributed by atoms with Gasteiger partial charge in [0.1, 0.15) is 6.04 Å². The normalized spacial score (nSPS) is 14.0. The quantitative estimate of drug-likeness (QED) is 0.304. The number of aliphatic carboxylic acids is 1. The summed E-state index contributed by atoms with van der Waals surface area (Å²) in [6.07, 6.45) is 3.13. The molecule has 3 aromatic carbocycles. The molecule has 0 saturated heterocycles. The number of halogens is 1. The van der Waals surface area contributed by atoms with Gasteiger partial charge in [0.15, 0.2) is 9.84 Å². The first-order valence-corrected chi connectivity index (χ1v) is 14.6. The van der Waals surface area contributed by atoms with Crippen LogP contribution in [0.3, 0.4) is 0 Å². The monoisotopic (exact) mass is 580 g/mol. The number of H-pyrrole nitrogens is 1.